The quantitative estimate of drug-likeness (QED) is 0.564. The number of nitrogens with one attached hydrogen (secondary N) is 1. The lowest BCUT2D eigenvalue weighted by Gasteiger charge is -2.08. The molecule has 32 heavy (non-hydrogen) atoms. The van der Waals surface area contributed by atoms with E-state index in [-0.39, 0.29) is 17.7 Å². The van der Waals surface area contributed by atoms with E-state index in [2.05, 4.69) is 19.2 Å². The van der Waals surface area contributed by atoms with Crippen LogP contribution in [0.1, 0.15) is 30.9 Å². The Balaban J connectivity index is 2.26. The molecule has 3 rings (SSSR count). The number of nitrogens with zero attached hydrogens (tertiary/aromatic N) is 2. The van der Waals surface area contributed by atoms with Gasteiger partial charge in [0.15, 0.2) is 5.57 Å². The smallest absolute Gasteiger partial charge is 0.273 e. The molecular weight excluding hydrogens is 422 g/mol. The third-order valence-corrected chi connectivity index (χ3v) is 5.98. The van der Waals surface area contributed by atoms with Crippen molar-refractivity contribution in [3.63, 3.8) is 0 Å². The number of aromatic nitrogens is 1. The Labute approximate surface area is 190 Å². The van der Waals surface area contributed by atoms with Crippen molar-refractivity contribution in [1.29, 1.82) is 5.26 Å². The van der Waals surface area contributed by atoms with Crippen LogP contribution in [0.15, 0.2) is 59.4 Å². The Bertz CT molecular complexity index is 1300. The molecule has 3 aromatic rings. The zero-order chi connectivity index (χ0) is 23.1. The Morgan fingerprint density at radius 3 is 2.47 bits per heavy atom. The van der Waals surface area contributed by atoms with Gasteiger partial charge in [0.05, 0.1) is 16.8 Å². The van der Waals surface area contributed by atoms with Crippen molar-refractivity contribution in [3.8, 4) is 11.8 Å². The highest BCUT2D eigenvalue weighted by atomic mass is 32.1. The molecule has 7 heteroatoms. The first-order valence-corrected chi connectivity index (χ1v) is 11.1. The predicted octanol–water partition coefficient (Wildman–Crippen LogP) is 2.29. The normalized spacial score (nSPS) is 12.5. The number of carbonyl (C=O) groups excluding carboxylic acids is 1. The first-order chi connectivity index (χ1) is 15.5. The van der Waals surface area contributed by atoms with E-state index in [9.17, 15) is 14.9 Å². The van der Waals surface area contributed by atoms with E-state index in [1.165, 1.54) is 11.7 Å². The number of amides is 1. The summed E-state index contributed by atoms with van der Waals surface area (Å²) in [6, 6.07) is 19.1. The second-order valence-corrected chi connectivity index (χ2v) is 8.48. The minimum Gasteiger partial charge on any atom is -0.383 e. The van der Waals surface area contributed by atoms with Gasteiger partial charge in [-0.05, 0) is 35.3 Å². The average molecular weight is 448 g/mol. The van der Waals surface area contributed by atoms with Gasteiger partial charge in [-0.25, -0.2) is 0 Å². The number of hydrogen-bond acceptors (Lipinski definition) is 5. The molecule has 1 amide bonds. The van der Waals surface area contributed by atoms with Crippen molar-refractivity contribution in [2.45, 2.75) is 19.8 Å². The van der Waals surface area contributed by atoms with Gasteiger partial charge in [0.2, 0.25) is 0 Å². The Morgan fingerprint density at radius 1 is 1.19 bits per heavy atom. The number of thiazole rings is 1. The molecule has 0 bridgehead atoms. The highest BCUT2D eigenvalue weighted by Crippen LogP contribution is 2.15. The third kappa shape index (κ3) is 5.22. The van der Waals surface area contributed by atoms with Gasteiger partial charge < -0.3 is 10.1 Å². The molecule has 0 aliphatic rings. The summed E-state index contributed by atoms with van der Waals surface area (Å²) in [4.78, 5) is 26.1. The summed E-state index contributed by atoms with van der Waals surface area (Å²) in [6.07, 6.45) is 1.77. The number of benzene rings is 2. The van der Waals surface area contributed by atoms with E-state index >= 15 is 0 Å². The van der Waals surface area contributed by atoms with Crippen LogP contribution in [0, 0.1) is 11.3 Å². The first-order valence-electron chi connectivity index (χ1n) is 10.3. The summed E-state index contributed by atoms with van der Waals surface area (Å²) in [5, 5.41) is 12.5. The molecular formula is C25H25N3O3S. The van der Waals surface area contributed by atoms with Crippen LogP contribution in [0.4, 0.5) is 0 Å². The second-order valence-electron chi connectivity index (χ2n) is 7.45. The summed E-state index contributed by atoms with van der Waals surface area (Å²) < 4.78 is 7.14. The van der Waals surface area contributed by atoms with Crippen molar-refractivity contribution < 1.29 is 9.53 Å². The molecule has 1 heterocycles. The fourth-order valence-corrected chi connectivity index (χ4v) is 4.25. The first kappa shape index (κ1) is 23.2. The third-order valence-electron chi connectivity index (χ3n) is 4.88. The van der Waals surface area contributed by atoms with Crippen molar-refractivity contribution in [1.82, 2.24) is 9.88 Å². The van der Waals surface area contributed by atoms with Crippen LogP contribution in [0.5, 0.6) is 0 Å². The fourth-order valence-electron chi connectivity index (χ4n) is 3.14. The molecule has 0 saturated carbocycles. The minimum absolute atomic E-state index is 0.108. The number of hydrogen-bond donors (Lipinski definition) is 1. The van der Waals surface area contributed by atoms with Crippen molar-refractivity contribution in [2.75, 3.05) is 20.3 Å². The standard InChI is InChI=1S/C25H25N3O3S/c1-17(2)19-9-11-20(12-10-19)28-24(30)22(15-18-7-5-4-6-8-18)32-25(28)21(16-26)23(29)27-13-14-31-3/h4-12,15,17H,13-14H2,1-3H3,(H,27,29)/b22-15-,25-21-. The summed E-state index contributed by atoms with van der Waals surface area (Å²) in [5.74, 6) is -0.193. The molecule has 0 saturated heterocycles. The van der Waals surface area contributed by atoms with Gasteiger partial charge in [0.25, 0.3) is 11.5 Å². The molecule has 0 atom stereocenters. The molecule has 6 nitrogen and oxygen atoms in total. The zero-order valence-corrected chi connectivity index (χ0v) is 19.1. The number of rotatable bonds is 7. The van der Waals surface area contributed by atoms with Crippen LogP contribution in [-0.2, 0) is 9.53 Å². The van der Waals surface area contributed by atoms with E-state index in [1.807, 2.05) is 60.7 Å². The molecule has 0 aliphatic carbocycles. The Kier molecular flexibility index (Phi) is 7.77. The SMILES string of the molecule is COCCNC(=O)/C(C#N)=c1\s/c(=C\c2ccccc2)c(=O)n1-c1ccc(C(C)C)cc1. The van der Waals surface area contributed by atoms with E-state index in [0.717, 1.165) is 22.5 Å². The average Bonchev–Trinajstić information content (AvgIpc) is 3.10. The van der Waals surface area contributed by atoms with E-state index in [4.69, 9.17) is 4.74 Å². The van der Waals surface area contributed by atoms with Crippen molar-refractivity contribution in [3.05, 3.63) is 85.3 Å². The lowest BCUT2D eigenvalue weighted by Crippen LogP contribution is -2.34. The molecule has 0 radical (unpaired) electrons. The fraction of sp³-hybridized carbons (Fsp3) is 0.240. The maximum absolute atomic E-state index is 13.4. The summed E-state index contributed by atoms with van der Waals surface area (Å²) in [7, 11) is 1.53. The molecule has 0 fully saturated rings. The number of nitriles is 1. The van der Waals surface area contributed by atoms with Crippen LogP contribution < -0.4 is 20.1 Å². The maximum Gasteiger partial charge on any atom is 0.273 e. The van der Waals surface area contributed by atoms with Crippen LogP contribution in [0.25, 0.3) is 17.3 Å². The summed E-state index contributed by atoms with van der Waals surface area (Å²) >= 11 is 1.13. The second kappa shape index (κ2) is 10.7. The Morgan fingerprint density at radius 2 is 1.88 bits per heavy atom. The van der Waals surface area contributed by atoms with E-state index in [1.54, 1.807) is 6.08 Å². The minimum atomic E-state index is -0.537. The number of carbonyl (C=O) groups is 1. The Hall–Kier alpha value is -3.47. The predicted molar refractivity (Wildman–Crippen MR) is 127 cm³/mol. The van der Waals surface area contributed by atoms with Crippen LogP contribution in [0.3, 0.4) is 0 Å². The van der Waals surface area contributed by atoms with Gasteiger partial charge in [-0.15, -0.1) is 11.3 Å². The zero-order valence-electron chi connectivity index (χ0n) is 18.3. The van der Waals surface area contributed by atoms with Crippen molar-refractivity contribution in [2.24, 2.45) is 0 Å². The van der Waals surface area contributed by atoms with E-state index in [0.29, 0.717) is 27.4 Å². The molecule has 0 spiro atoms. The van der Waals surface area contributed by atoms with Gasteiger partial charge >= 0.3 is 0 Å². The number of methoxy groups -OCH3 is 1. The van der Waals surface area contributed by atoms with Gasteiger partial charge in [0, 0.05) is 13.7 Å². The molecule has 2 aromatic carbocycles. The van der Waals surface area contributed by atoms with Crippen LogP contribution in [-0.4, -0.2) is 30.7 Å². The van der Waals surface area contributed by atoms with Crippen LogP contribution in [0.2, 0.25) is 0 Å². The highest BCUT2D eigenvalue weighted by molar-refractivity contribution is 7.07. The largest absolute Gasteiger partial charge is 0.383 e. The molecule has 0 unspecified atom stereocenters. The molecule has 164 valence electrons. The van der Waals surface area contributed by atoms with Gasteiger partial charge in [-0.1, -0.05) is 56.3 Å². The topological polar surface area (TPSA) is 84.1 Å². The molecule has 1 aromatic heterocycles. The van der Waals surface area contributed by atoms with Gasteiger partial charge in [-0.2, -0.15) is 5.26 Å². The van der Waals surface area contributed by atoms with Gasteiger partial charge in [-0.3, -0.25) is 14.2 Å². The number of ether oxygens (including phenoxy) is 1. The summed E-state index contributed by atoms with van der Waals surface area (Å²) in [5.41, 5.74) is 2.22. The highest BCUT2D eigenvalue weighted by Gasteiger charge is 2.17. The lowest BCUT2D eigenvalue weighted by molar-refractivity contribution is -0.115. The summed E-state index contributed by atoms with van der Waals surface area (Å²) in [6.45, 7) is 4.78. The van der Waals surface area contributed by atoms with Crippen LogP contribution >= 0.6 is 11.3 Å². The molecule has 1 N–H and O–H groups in total. The van der Waals surface area contributed by atoms with Crippen molar-refractivity contribution >= 4 is 28.9 Å². The lowest BCUT2D eigenvalue weighted by atomic mass is 10.0. The van der Waals surface area contributed by atoms with Gasteiger partial charge in [0.1, 0.15) is 10.7 Å². The monoisotopic (exact) mass is 447 g/mol. The molecule has 0 aliphatic heterocycles. The van der Waals surface area contributed by atoms with E-state index < -0.39 is 5.91 Å². The maximum atomic E-state index is 13.4.